The number of aromatic nitrogens is 4. The van der Waals surface area contributed by atoms with Crippen molar-refractivity contribution < 1.29 is 4.79 Å². The first kappa shape index (κ1) is 18.5. The van der Waals surface area contributed by atoms with E-state index in [1.54, 1.807) is 6.33 Å². The molecule has 0 saturated heterocycles. The maximum atomic E-state index is 12.8. The van der Waals surface area contributed by atoms with E-state index in [4.69, 9.17) is 4.98 Å². The summed E-state index contributed by atoms with van der Waals surface area (Å²) in [7, 11) is 0. The van der Waals surface area contributed by atoms with Crippen LogP contribution in [-0.2, 0) is 0 Å². The smallest absolute Gasteiger partial charge is 0.203 e. The van der Waals surface area contributed by atoms with Crippen molar-refractivity contribution >= 4 is 28.3 Å². The van der Waals surface area contributed by atoms with E-state index in [-0.39, 0.29) is 5.78 Å². The van der Waals surface area contributed by atoms with Crippen LogP contribution in [0.4, 0.5) is 5.82 Å². The molecule has 5 rings (SSSR count). The van der Waals surface area contributed by atoms with Crippen LogP contribution in [0.25, 0.3) is 16.7 Å². The first-order valence-corrected chi connectivity index (χ1v) is 10.4. The highest BCUT2D eigenvalue weighted by Crippen LogP contribution is 2.24. The van der Waals surface area contributed by atoms with Gasteiger partial charge in [0.1, 0.15) is 6.33 Å². The van der Waals surface area contributed by atoms with Crippen molar-refractivity contribution in [2.24, 2.45) is 0 Å². The molecule has 0 amide bonds. The highest BCUT2D eigenvalue weighted by Gasteiger charge is 2.14. The molecule has 1 N–H and O–H groups in total. The van der Waals surface area contributed by atoms with Crippen LogP contribution in [0.1, 0.15) is 48.0 Å². The van der Waals surface area contributed by atoms with Gasteiger partial charge in [-0.05, 0) is 50.3 Å². The lowest BCUT2D eigenvalue weighted by molar-refractivity contribution is 0.103. The molecule has 0 saturated carbocycles. The molecule has 0 atom stereocenters. The Morgan fingerprint density at radius 2 is 1.97 bits per heavy atom. The Balaban J connectivity index is 1.45. The summed E-state index contributed by atoms with van der Waals surface area (Å²) in [5.41, 5.74) is 5.10. The number of hydrogen-bond acceptors (Lipinski definition) is 5. The van der Waals surface area contributed by atoms with E-state index in [1.165, 1.54) is 31.3 Å². The molecule has 30 heavy (non-hydrogen) atoms. The van der Waals surface area contributed by atoms with Gasteiger partial charge in [-0.15, -0.1) is 10.2 Å². The highest BCUT2D eigenvalue weighted by atomic mass is 16.1. The molecule has 2 aromatic carbocycles. The molecule has 6 nitrogen and oxygen atoms in total. The summed E-state index contributed by atoms with van der Waals surface area (Å²) in [6.45, 7) is 0.817. The highest BCUT2D eigenvalue weighted by molar-refractivity contribution is 6.10. The number of nitrogens with zero attached hydrogens (tertiary/aromatic N) is 4. The summed E-state index contributed by atoms with van der Waals surface area (Å²) in [5, 5.41) is 11.8. The van der Waals surface area contributed by atoms with Crippen LogP contribution in [0.5, 0.6) is 0 Å². The predicted molar refractivity (Wildman–Crippen MR) is 118 cm³/mol. The van der Waals surface area contributed by atoms with Crippen LogP contribution in [-0.4, -0.2) is 31.9 Å². The zero-order valence-electron chi connectivity index (χ0n) is 16.7. The van der Waals surface area contributed by atoms with E-state index in [2.05, 4.69) is 21.6 Å². The number of hydrogen-bond donors (Lipinski definition) is 1. The van der Waals surface area contributed by atoms with Gasteiger partial charge in [0.15, 0.2) is 11.6 Å². The molecule has 2 heterocycles. The molecule has 0 unspecified atom stereocenters. The maximum absolute atomic E-state index is 12.8. The van der Waals surface area contributed by atoms with Crippen LogP contribution in [0.3, 0.4) is 0 Å². The summed E-state index contributed by atoms with van der Waals surface area (Å²) in [6, 6.07) is 14.9. The first-order chi connectivity index (χ1) is 14.8. The second-order valence-electron chi connectivity index (χ2n) is 7.67. The fraction of sp³-hybridized carbons (Fsp3) is 0.250. The average Bonchev–Trinajstić information content (AvgIpc) is 3.30. The van der Waals surface area contributed by atoms with Crippen molar-refractivity contribution in [1.29, 1.82) is 0 Å². The SMILES string of the molecule is O=C(c1ccccc1)c1ccc2nc(NCCC3=CCCCC3)c3nncn3c2c1. The fourth-order valence-electron chi connectivity index (χ4n) is 4.04. The summed E-state index contributed by atoms with van der Waals surface area (Å²) in [6.07, 6.45) is 10.1. The molecule has 1 aliphatic carbocycles. The van der Waals surface area contributed by atoms with Gasteiger partial charge in [-0.25, -0.2) is 4.98 Å². The van der Waals surface area contributed by atoms with Crippen LogP contribution in [0, 0.1) is 0 Å². The van der Waals surface area contributed by atoms with Crippen molar-refractivity contribution in [3.8, 4) is 0 Å². The monoisotopic (exact) mass is 397 g/mol. The van der Waals surface area contributed by atoms with Crippen molar-refractivity contribution in [3.05, 3.63) is 77.6 Å². The van der Waals surface area contributed by atoms with E-state index in [0.717, 1.165) is 29.8 Å². The quantitative estimate of drug-likeness (QED) is 0.373. The summed E-state index contributed by atoms with van der Waals surface area (Å²) >= 11 is 0. The molecule has 0 aliphatic heterocycles. The van der Waals surface area contributed by atoms with Gasteiger partial charge in [-0.2, -0.15) is 0 Å². The summed E-state index contributed by atoms with van der Waals surface area (Å²) in [4.78, 5) is 17.6. The number of carbonyl (C=O) groups is 1. The molecule has 0 radical (unpaired) electrons. The van der Waals surface area contributed by atoms with Gasteiger partial charge in [-0.1, -0.05) is 42.0 Å². The van der Waals surface area contributed by atoms with Gasteiger partial charge in [0, 0.05) is 17.7 Å². The Hall–Kier alpha value is -3.54. The van der Waals surface area contributed by atoms with E-state index in [1.807, 2.05) is 52.9 Å². The van der Waals surface area contributed by atoms with E-state index in [0.29, 0.717) is 16.8 Å². The molecule has 0 spiro atoms. The molecular formula is C24H23N5O. The third kappa shape index (κ3) is 3.56. The van der Waals surface area contributed by atoms with Crippen LogP contribution in [0.2, 0.25) is 0 Å². The number of fused-ring (bicyclic) bond motifs is 3. The average molecular weight is 397 g/mol. The van der Waals surface area contributed by atoms with E-state index >= 15 is 0 Å². The lowest BCUT2D eigenvalue weighted by Gasteiger charge is -2.14. The fourth-order valence-corrected chi connectivity index (χ4v) is 4.04. The predicted octanol–water partition coefficient (Wildman–Crippen LogP) is 4.81. The number of allylic oxidation sites excluding steroid dienone is 1. The van der Waals surface area contributed by atoms with Crippen molar-refractivity contribution in [2.45, 2.75) is 32.1 Å². The molecule has 0 bridgehead atoms. The number of ketones is 1. The van der Waals surface area contributed by atoms with Crippen molar-refractivity contribution in [2.75, 3.05) is 11.9 Å². The largest absolute Gasteiger partial charge is 0.367 e. The normalized spacial score (nSPS) is 14.1. The number of rotatable bonds is 6. The third-order valence-electron chi connectivity index (χ3n) is 5.65. The number of carbonyl (C=O) groups excluding carboxylic acids is 1. The zero-order valence-corrected chi connectivity index (χ0v) is 16.7. The van der Waals surface area contributed by atoms with Crippen LogP contribution >= 0.6 is 0 Å². The van der Waals surface area contributed by atoms with Gasteiger partial charge < -0.3 is 5.32 Å². The number of nitrogens with one attached hydrogen (secondary N) is 1. The van der Waals surface area contributed by atoms with Gasteiger partial charge in [-0.3, -0.25) is 9.20 Å². The first-order valence-electron chi connectivity index (χ1n) is 10.4. The topological polar surface area (TPSA) is 72.2 Å². The Morgan fingerprint density at radius 1 is 1.07 bits per heavy atom. The van der Waals surface area contributed by atoms with Crippen LogP contribution < -0.4 is 5.32 Å². The Labute approximate surface area is 174 Å². The third-order valence-corrected chi connectivity index (χ3v) is 5.65. The van der Waals surface area contributed by atoms with Crippen molar-refractivity contribution in [3.63, 3.8) is 0 Å². The van der Waals surface area contributed by atoms with Gasteiger partial charge >= 0.3 is 0 Å². The van der Waals surface area contributed by atoms with E-state index in [9.17, 15) is 4.79 Å². The van der Waals surface area contributed by atoms with Crippen molar-refractivity contribution in [1.82, 2.24) is 19.6 Å². The Kier molecular flexibility index (Phi) is 4.97. The summed E-state index contributed by atoms with van der Waals surface area (Å²) in [5.74, 6) is 0.709. The maximum Gasteiger partial charge on any atom is 0.203 e. The molecule has 4 aromatic rings. The van der Waals surface area contributed by atoms with Gasteiger partial charge in [0.2, 0.25) is 5.65 Å². The second kappa shape index (κ2) is 8.06. The van der Waals surface area contributed by atoms with Gasteiger partial charge in [0.25, 0.3) is 0 Å². The standard InChI is InChI=1S/C24H23N5O/c30-22(18-9-5-2-6-10-18)19-11-12-20-21(15-19)29-16-26-28-24(29)23(27-20)25-14-13-17-7-3-1-4-8-17/h2,5-7,9-12,15-16H,1,3-4,8,13-14H2,(H,25,27). The summed E-state index contributed by atoms with van der Waals surface area (Å²) < 4.78 is 1.90. The zero-order chi connectivity index (χ0) is 20.3. The minimum absolute atomic E-state index is 0.0123. The second-order valence-corrected chi connectivity index (χ2v) is 7.67. The minimum atomic E-state index is -0.0123. The van der Waals surface area contributed by atoms with E-state index < -0.39 is 0 Å². The molecule has 6 heteroatoms. The Morgan fingerprint density at radius 3 is 2.80 bits per heavy atom. The number of anilines is 1. The molecule has 2 aromatic heterocycles. The number of benzene rings is 2. The molecule has 0 fully saturated rings. The van der Waals surface area contributed by atoms with Crippen LogP contribution in [0.15, 0.2) is 66.5 Å². The van der Waals surface area contributed by atoms with Gasteiger partial charge in [0.05, 0.1) is 11.0 Å². The minimum Gasteiger partial charge on any atom is -0.367 e. The lowest BCUT2D eigenvalue weighted by atomic mass is 9.97. The Bertz CT molecular complexity index is 1240. The molecular weight excluding hydrogens is 374 g/mol. The molecule has 1 aliphatic rings. The molecule has 150 valence electrons. The lowest BCUT2D eigenvalue weighted by Crippen LogP contribution is -2.08.